The smallest absolute Gasteiger partial charge is 0.407 e. The number of rotatable bonds is 10. The summed E-state index contributed by atoms with van der Waals surface area (Å²) in [5, 5.41) is 14.5. The van der Waals surface area contributed by atoms with Crippen molar-refractivity contribution >= 4 is 18.0 Å². The summed E-state index contributed by atoms with van der Waals surface area (Å²) in [5.41, 5.74) is 3.71. The highest BCUT2D eigenvalue weighted by atomic mass is 16.5. The van der Waals surface area contributed by atoms with Crippen LogP contribution in [-0.2, 0) is 14.3 Å². The maximum atomic E-state index is 12.7. The molecule has 0 bridgehead atoms. The van der Waals surface area contributed by atoms with Gasteiger partial charge in [0.05, 0.1) is 12.3 Å². The third kappa shape index (κ3) is 6.12. The maximum absolute atomic E-state index is 12.7. The van der Waals surface area contributed by atoms with Gasteiger partial charge in [-0.1, -0.05) is 61.9 Å². The largest absolute Gasteiger partial charge is 0.481 e. The minimum atomic E-state index is -0.982. The van der Waals surface area contributed by atoms with E-state index in [1.165, 1.54) is 0 Å². The highest BCUT2D eigenvalue weighted by molar-refractivity contribution is 5.81. The quantitative estimate of drug-likeness (QED) is 0.498. The lowest BCUT2D eigenvalue weighted by atomic mass is 9.97. The van der Waals surface area contributed by atoms with Crippen LogP contribution in [0.5, 0.6) is 0 Å². The van der Waals surface area contributed by atoms with Gasteiger partial charge in [0.15, 0.2) is 0 Å². The standard InChI is InChI=1S/C26H32N2O5/c1-4-9-17(24(31)28-26(2,3)14-23(29)30)15-27-25(32)33-16-22-20-12-7-5-10-18(20)19-11-6-8-13-21(19)22/h5-8,10-13,17,22H,4,9,14-16H2,1-3H3,(H,27,32)(H,28,31)(H,29,30). The highest BCUT2D eigenvalue weighted by Crippen LogP contribution is 2.44. The number of hydrogen-bond acceptors (Lipinski definition) is 4. The fourth-order valence-electron chi connectivity index (χ4n) is 4.39. The van der Waals surface area contributed by atoms with E-state index in [9.17, 15) is 14.4 Å². The Hall–Kier alpha value is -3.35. The van der Waals surface area contributed by atoms with Crippen molar-refractivity contribution in [3.05, 3.63) is 59.7 Å². The van der Waals surface area contributed by atoms with Crippen molar-refractivity contribution in [3.8, 4) is 11.1 Å². The van der Waals surface area contributed by atoms with E-state index in [1.807, 2.05) is 31.2 Å². The lowest BCUT2D eigenvalue weighted by Gasteiger charge is -2.27. The first kappa shape index (κ1) is 24.3. The van der Waals surface area contributed by atoms with Crippen molar-refractivity contribution in [2.45, 2.75) is 51.5 Å². The van der Waals surface area contributed by atoms with Crippen molar-refractivity contribution in [2.24, 2.45) is 5.92 Å². The Kier molecular flexibility index (Phi) is 7.74. The van der Waals surface area contributed by atoms with E-state index in [0.717, 1.165) is 28.7 Å². The molecule has 2 aromatic rings. The number of amides is 2. The van der Waals surface area contributed by atoms with Crippen LogP contribution in [0.2, 0.25) is 0 Å². The number of carbonyl (C=O) groups excluding carboxylic acids is 2. The third-order valence-corrected chi connectivity index (χ3v) is 5.90. The Morgan fingerprint density at radius 2 is 1.61 bits per heavy atom. The molecule has 176 valence electrons. The van der Waals surface area contributed by atoms with E-state index >= 15 is 0 Å². The topological polar surface area (TPSA) is 105 Å². The first-order valence-electron chi connectivity index (χ1n) is 11.3. The molecule has 0 heterocycles. The summed E-state index contributed by atoms with van der Waals surface area (Å²) in [6, 6.07) is 16.2. The Labute approximate surface area is 194 Å². The van der Waals surface area contributed by atoms with E-state index < -0.39 is 23.5 Å². The van der Waals surface area contributed by atoms with Gasteiger partial charge in [-0.2, -0.15) is 0 Å². The Morgan fingerprint density at radius 1 is 1.03 bits per heavy atom. The number of aliphatic carboxylic acids is 1. The second kappa shape index (κ2) is 10.5. The van der Waals surface area contributed by atoms with Gasteiger partial charge in [0, 0.05) is 18.0 Å². The number of benzene rings is 2. The number of alkyl carbamates (subject to hydrolysis) is 1. The SMILES string of the molecule is CCCC(CNC(=O)OCC1c2ccccc2-c2ccccc21)C(=O)NC(C)(C)CC(=O)O. The molecule has 33 heavy (non-hydrogen) atoms. The summed E-state index contributed by atoms with van der Waals surface area (Å²) in [4.78, 5) is 36.1. The van der Waals surface area contributed by atoms with E-state index in [2.05, 4.69) is 34.9 Å². The fourth-order valence-corrected chi connectivity index (χ4v) is 4.39. The lowest BCUT2D eigenvalue weighted by Crippen LogP contribution is -2.49. The van der Waals surface area contributed by atoms with E-state index in [1.54, 1.807) is 13.8 Å². The van der Waals surface area contributed by atoms with E-state index in [4.69, 9.17) is 9.84 Å². The minimum Gasteiger partial charge on any atom is -0.481 e. The fraction of sp³-hybridized carbons (Fsp3) is 0.423. The van der Waals surface area contributed by atoms with Crippen LogP contribution < -0.4 is 10.6 Å². The molecule has 0 saturated carbocycles. The molecule has 0 aliphatic heterocycles. The van der Waals surface area contributed by atoms with Gasteiger partial charge < -0.3 is 20.5 Å². The molecule has 0 saturated heterocycles. The zero-order chi connectivity index (χ0) is 24.0. The molecule has 7 nitrogen and oxygen atoms in total. The number of hydrogen-bond donors (Lipinski definition) is 3. The number of carbonyl (C=O) groups is 3. The molecule has 1 aliphatic rings. The molecule has 1 unspecified atom stereocenters. The van der Waals surface area contributed by atoms with Crippen molar-refractivity contribution in [2.75, 3.05) is 13.2 Å². The molecule has 7 heteroatoms. The first-order valence-corrected chi connectivity index (χ1v) is 11.3. The van der Waals surface area contributed by atoms with Crippen LogP contribution in [0, 0.1) is 5.92 Å². The molecule has 3 N–H and O–H groups in total. The van der Waals surface area contributed by atoms with Crippen molar-refractivity contribution < 1.29 is 24.2 Å². The predicted molar refractivity (Wildman–Crippen MR) is 126 cm³/mol. The van der Waals surface area contributed by atoms with Gasteiger partial charge in [0.1, 0.15) is 6.61 Å². The van der Waals surface area contributed by atoms with Gasteiger partial charge in [-0.05, 0) is 42.5 Å². The molecule has 2 aromatic carbocycles. The molecular formula is C26H32N2O5. The van der Waals surface area contributed by atoms with Crippen LogP contribution in [0.25, 0.3) is 11.1 Å². The van der Waals surface area contributed by atoms with Crippen LogP contribution >= 0.6 is 0 Å². The number of carboxylic acids is 1. The average Bonchev–Trinajstić information content (AvgIpc) is 3.07. The van der Waals surface area contributed by atoms with Gasteiger partial charge in [-0.15, -0.1) is 0 Å². The minimum absolute atomic E-state index is 0.0327. The van der Waals surface area contributed by atoms with Gasteiger partial charge >= 0.3 is 12.1 Å². The van der Waals surface area contributed by atoms with Crippen LogP contribution in [0.1, 0.15) is 57.1 Å². The summed E-state index contributed by atoms with van der Waals surface area (Å²) in [6.07, 6.45) is 0.565. The number of carboxylic acid groups (broad SMARTS) is 1. The Bertz CT molecular complexity index is 972. The molecule has 0 spiro atoms. The summed E-state index contributed by atoms with van der Waals surface area (Å²) in [7, 11) is 0. The summed E-state index contributed by atoms with van der Waals surface area (Å²) < 4.78 is 5.54. The Morgan fingerprint density at radius 3 is 2.15 bits per heavy atom. The predicted octanol–water partition coefficient (Wildman–Crippen LogP) is 4.31. The normalized spacial score (nSPS) is 13.5. The molecule has 1 aliphatic carbocycles. The molecule has 3 rings (SSSR count). The number of fused-ring (bicyclic) bond motifs is 3. The molecular weight excluding hydrogens is 420 g/mol. The zero-order valence-electron chi connectivity index (χ0n) is 19.4. The van der Waals surface area contributed by atoms with Crippen LogP contribution in [-0.4, -0.2) is 41.8 Å². The van der Waals surface area contributed by atoms with Crippen LogP contribution in [0.4, 0.5) is 4.79 Å². The third-order valence-electron chi connectivity index (χ3n) is 5.90. The zero-order valence-corrected chi connectivity index (χ0v) is 19.4. The second-order valence-electron chi connectivity index (χ2n) is 9.14. The average molecular weight is 453 g/mol. The van der Waals surface area contributed by atoms with Crippen molar-refractivity contribution in [3.63, 3.8) is 0 Å². The summed E-state index contributed by atoms with van der Waals surface area (Å²) in [5.74, 6) is -1.76. The van der Waals surface area contributed by atoms with Gasteiger partial charge in [0.2, 0.25) is 5.91 Å². The van der Waals surface area contributed by atoms with Crippen LogP contribution in [0.3, 0.4) is 0 Å². The van der Waals surface area contributed by atoms with Crippen molar-refractivity contribution in [1.82, 2.24) is 10.6 Å². The molecule has 0 radical (unpaired) electrons. The maximum Gasteiger partial charge on any atom is 0.407 e. The lowest BCUT2D eigenvalue weighted by molar-refractivity contribution is -0.139. The molecule has 0 fully saturated rings. The van der Waals surface area contributed by atoms with E-state index in [-0.39, 0.29) is 31.4 Å². The Balaban J connectivity index is 1.57. The van der Waals surface area contributed by atoms with Gasteiger partial charge in [0.25, 0.3) is 0 Å². The van der Waals surface area contributed by atoms with Crippen LogP contribution in [0.15, 0.2) is 48.5 Å². The first-order chi connectivity index (χ1) is 15.7. The van der Waals surface area contributed by atoms with Crippen molar-refractivity contribution in [1.29, 1.82) is 0 Å². The highest BCUT2D eigenvalue weighted by Gasteiger charge is 2.30. The summed E-state index contributed by atoms with van der Waals surface area (Å²) in [6.45, 7) is 5.62. The number of nitrogens with one attached hydrogen (secondary N) is 2. The number of ether oxygens (including phenoxy) is 1. The van der Waals surface area contributed by atoms with Gasteiger partial charge in [-0.25, -0.2) is 4.79 Å². The van der Waals surface area contributed by atoms with E-state index in [0.29, 0.717) is 6.42 Å². The van der Waals surface area contributed by atoms with Gasteiger partial charge in [-0.3, -0.25) is 9.59 Å². The second-order valence-corrected chi connectivity index (χ2v) is 9.14. The summed E-state index contributed by atoms with van der Waals surface area (Å²) >= 11 is 0. The molecule has 2 amide bonds. The molecule has 1 atom stereocenters. The monoisotopic (exact) mass is 452 g/mol. The molecule has 0 aromatic heterocycles.